The summed E-state index contributed by atoms with van der Waals surface area (Å²) in [6.45, 7) is 7.76. The largest absolute Gasteiger partial charge is 0.481 e. The smallest absolute Gasteiger partial charge is 0.307 e. The van der Waals surface area contributed by atoms with Gasteiger partial charge >= 0.3 is 5.97 Å². The lowest BCUT2D eigenvalue weighted by Crippen LogP contribution is -2.43. The molecule has 1 aliphatic rings. The van der Waals surface area contributed by atoms with Crippen molar-refractivity contribution >= 4 is 17.7 Å². The lowest BCUT2D eigenvalue weighted by molar-refractivity contribution is -0.140. The zero-order valence-electron chi connectivity index (χ0n) is 10.0. The number of ether oxygens (including phenoxy) is 1. The van der Waals surface area contributed by atoms with E-state index in [1.807, 2.05) is 0 Å². The van der Waals surface area contributed by atoms with Gasteiger partial charge in [0.25, 0.3) is 0 Å². The zero-order valence-corrected chi connectivity index (χ0v) is 10.8. The number of thioether (sulfide) groups is 1. The van der Waals surface area contributed by atoms with Gasteiger partial charge in [0.05, 0.1) is 18.6 Å². The van der Waals surface area contributed by atoms with E-state index in [-0.39, 0.29) is 12.0 Å². The van der Waals surface area contributed by atoms with Crippen LogP contribution in [0.25, 0.3) is 0 Å². The van der Waals surface area contributed by atoms with E-state index >= 15 is 0 Å². The quantitative estimate of drug-likeness (QED) is 0.763. The molecule has 0 aromatic carbocycles. The number of likely N-dealkylation sites (N-methyl/N-ethyl adjacent to an activating group) is 1. The second-order valence-corrected chi connectivity index (χ2v) is 5.24. The highest BCUT2D eigenvalue weighted by Gasteiger charge is 2.20. The third-order valence-corrected chi connectivity index (χ3v) is 4.11. The maximum absolute atomic E-state index is 10.6. The van der Waals surface area contributed by atoms with Gasteiger partial charge in [-0.2, -0.15) is 11.8 Å². The standard InChI is InChI=1S/C11H21NO3S/c1-3-12-4-5-15-10(6-12)8-16-7-9(2)11(13)14/h9-10H,3-8H2,1-2H3,(H,13,14). The van der Waals surface area contributed by atoms with E-state index < -0.39 is 5.97 Å². The summed E-state index contributed by atoms with van der Waals surface area (Å²) in [6.07, 6.45) is 0.264. The van der Waals surface area contributed by atoms with Crippen molar-refractivity contribution in [3.8, 4) is 0 Å². The Morgan fingerprint density at radius 1 is 1.69 bits per heavy atom. The first kappa shape index (κ1) is 13.8. The van der Waals surface area contributed by atoms with Crippen LogP contribution in [0.3, 0.4) is 0 Å². The summed E-state index contributed by atoms with van der Waals surface area (Å²) >= 11 is 1.68. The van der Waals surface area contributed by atoms with E-state index in [1.54, 1.807) is 18.7 Å². The molecule has 4 nitrogen and oxygen atoms in total. The molecule has 0 aromatic heterocycles. The number of carbonyl (C=O) groups is 1. The first-order chi connectivity index (χ1) is 7.63. The average Bonchev–Trinajstić information content (AvgIpc) is 2.29. The molecule has 1 heterocycles. The lowest BCUT2D eigenvalue weighted by atomic mass is 10.2. The summed E-state index contributed by atoms with van der Waals surface area (Å²) in [7, 11) is 0. The Morgan fingerprint density at radius 2 is 2.44 bits per heavy atom. The lowest BCUT2D eigenvalue weighted by Gasteiger charge is -2.31. The minimum absolute atomic E-state index is 0.264. The van der Waals surface area contributed by atoms with Crippen molar-refractivity contribution in [2.45, 2.75) is 20.0 Å². The number of nitrogens with zero attached hydrogens (tertiary/aromatic N) is 1. The molecular weight excluding hydrogens is 226 g/mol. The van der Waals surface area contributed by atoms with E-state index in [9.17, 15) is 4.79 Å². The molecule has 1 N–H and O–H groups in total. The van der Waals surface area contributed by atoms with Crippen molar-refractivity contribution in [2.75, 3.05) is 37.7 Å². The number of carboxylic acids is 1. The van der Waals surface area contributed by atoms with Gasteiger partial charge in [-0.1, -0.05) is 13.8 Å². The number of hydrogen-bond acceptors (Lipinski definition) is 4. The van der Waals surface area contributed by atoms with Gasteiger partial charge in [0, 0.05) is 24.6 Å². The van der Waals surface area contributed by atoms with E-state index in [0.29, 0.717) is 5.75 Å². The molecule has 2 atom stereocenters. The minimum atomic E-state index is -0.716. The van der Waals surface area contributed by atoms with Crippen LogP contribution in [-0.4, -0.2) is 59.8 Å². The number of carboxylic acid groups (broad SMARTS) is 1. The van der Waals surface area contributed by atoms with E-state index in [1.165, 1.54) is 0 Å². The molecule has 94 valence electrons. The highest BCUT2D eigenvalue weighted by Crippen LogP contribution is 2.14. The van der Waals surface area contributed by atoms with Crippen LogP contribution in [0.1, 0.15) is 13.8 Å². The molecule has 1 rings (SSSR count). The summed E-state index contributed by atoms with van der Waals surface area (Å²) in [6, 6.07) is 0. The highest BCUT2D eigenvalue weighted by atomic mass is 32.2. The molecule has 0 radical (unpaired) electrons. The number of morpholine rings is 1. The van der Waals surface area contributed by atoms with Crippen LogP contribution in [0.4, 0.5) is 0 Å². The molecule has 0 saturated carbocycles. The molecule has 0 aliphatic carbocycles. The third kappa shape index (κ3) is 4.72. The topological polar surface area (TPSA) is 49.8 Å². The molecule has 1 saturated heterocycles. The summed E-state index contributed by atoms with van der Waals surface area (Å²) in [5.41, 5.74) is 0. The van der Waals surface area contributed by atoms with E-state index in [2.05, 4.69) is 11.8 Å². The predicted molar refractivity (Wildman–Crippen MR) is 66.0 cm³/mol. The highest BCUT2D eigenvalue weighted by molar-refractivity contribution is 7.99. The van der Waals surface area contributed by atoms with Crippen molar-refractivity contribution in [1.82, 2.24) is 4.90 Å². The summed E-state index contributed by atoms with van der Waals surface area (Å²) in [5, 5.41) is 8.75. The Hall–Kier alpha value is -0.260. The van der Waals surface area contributed by atoms with Crippen molar-refractivity contribution in [3.63, 3.8) is 0 Å². The monoisotopic (exact) mass is 247 g/mol. The zero-order chi connectivity index (χ0) is 12.0. The first-order valence-corrected chi connectivity index (χ1v) is 6.93. The van der Waals surface area contributed by atoms with E-state index in [4.69, 9.17) is 9.84 Å². The average molecular weight is 247 g/mol. The van der Waals surface area contributed by atoms with Gasteiger partial charge in [-0.25, -0.2) is 0 Å². The van der Waals surface area contributed by atoms with Crippen molar-refractivity contribution < 1.29 is 14.6 Å². The third-order valence-electron chi connectivity index (χ3n) is 2.76. The molecule has 0 spiro atoms. The molecular formula is C11H21NO3S. The summed E-state index contributed by atoms with van der Waals surface area (Å²) in [5.74, 6) is 0.582. The van der Waals surface area contributed by atoms with Crippen LogP contribution >= 0.6 is 11.8 Å². The number of hydrogen-bond donors (Lipinski definition) is 1. The van der Waals surface area contributed by atoms with Crippen LogP contribution in [0.5, 0.6) is 0 Å². The Labute approximate surface area is 101 Å². The van der Waals surface area contributed by atoms with Crippen LogP contribution < -0.4 is 0 Å². The van der Waals surface area contributed by atoms with Crippen LogP contribution in [-0.2, 0) is 9.53 Å². The molecule has 2 unspecified atom stereocenters. The molecule has 0 bridgehead atoms. The fourth-order valence-electron chi connectivity index (χ4n) is 1.62. The SMILES string of the molecule is CCN1CCOC(CSCC(C)C(=O)O)C1. The second kappa shape index (κ2) is 7.14. The number of rotatable bonds is 6. The minimum Gasteiger partial charge on any atom is -0.481 e. The van der Waals surface area contributed by atoms with Gasteiger partial charge in [0.2, 0.25) is 0 Å². The predicted octanol–water partition coefficient (Wildman–Crippen LogP) is 1.16. The maximum Gasteiger partial charge on any atom is 0.307 e. The summed E-state index contributed by atoms with van der Waals surface area (Å²) in [4.78, 5) is 13.0. The molecule has 1 fully saturated rings. The van der Waals surface area contributed by atoms with Crippen LogP contribution in [0.15, 0.2) is 0 Å². The summed E-state index contributed by atoms with van der Waals surface area (Å²) < 4.78 is 5.64. The van der Waals surface area contributed by atoms with Crippen molar-refractivity contribution in [3.05, 3.63) is 0 Å². The van der Waals surface area contributed by atoms with Crippen LogP contribution in [0.2, 0.25) is 0 Å². The van der Waals surface area contributed by atoms with Gasteiger partial charge < -0.3 is 9.84 Å². The Bertz CT molecular complexity index is 225. The Kier molecular flexibility index (Phi) is 6.16. The maximum atomic E-state index is 10.6. The van der Waals surface area contributed by atoms with Gasteiger partial charge in [-0.15, -0.1) is 0 Å². The molecule has 0 amide bonds. The number of aliphatic carboxylic acids is 1. The molecule has 16 heavy (non-hydrogen) atoms. The second-order valence-electron chi connectivity index (χ2n) is 4.16. The normalized spacial score (nSPS) is 24.2. The molecule has 1 aliphatic heterocycles. The van der Waals surface area contributed by atoms with Gasteiger partial charge in [-0.05, 0) is 6.54 Å². The van der Waals surface area contributed by atoms with Crippen molar-refractivity contribution in [1.29, 1.82) is 0 Å². The first-order valence-electron chi connectivity index (χ1n) is 5.78. The fraction of sp³-hybridized carbons (Fsp3) is 0.909. The van der Waals surface area contributed by atoms with Crippen molar-refractivity contribution in [2.24, 2.45) is 5.92 Å². The van der Waals surface area contributed by atoms with Crippen LogP contribution in [0, 0.1) is 5.92 Å². The molecule has 0 aromatic rings. The van der Waals surface area contributed by atoms with Gasteiger partial charge in [-0.3, -0.25) is 9.69 Å². The Balaban J connectivity index is 2.15. The Morgan fingerprint density at radius 3 is 3.06 bits per heavy atom. The van der Waals surface area contributed by atoms with E-state index in [0.717, 1.165) is 32.0 Å². The fourth-order valence-corrected chi connectivity index (χ4v) is 2.71. The van der Waals surface area contributed by atoms with Gasteiger partial charge in [0.15, 0.2) is 0 Å². The molecule has 5 heteroatoms. The van der Waals surface area contributed by atoms with Gasteiger partial charge in [0.1, 0.15) is 0 Å².